The number of ether oxygens (including phenoxy) is 1. The van der Waals surface area contributed by atoms with Crippen molar-refractivity contribution in [3.8, 4) is 0 Å². The number of unbranched alkanes of at least 4 members (excludes halogenated alkanes) is 1. The summed E-state index contributed by atoms with van der Waals surface area (Å²) >= 11 is 1.61. The van der Waals surface area contributed by atoms with Crippen molar-refractivity contribution in [1.82, 2.24) is 15.1 Å². The lowest BCUT2D eigenvalue weighted by Gasteiger charge is -2.38. The number of rotatable bonds is 12. The minimum atomic E-state index is -1.13. The largest absolute Gasteiger partial charge is 0.359 e. The molecule has 3 fully saturated rings. The van der Waals surface area contributed by atoms with Gasteiger partial charge in [-0.1, -0.05) is 58.3 Å². The maximum Gasteiger partial charge on any atom is 0.246 e. The molecule has 8 nitrogen and oxygen atoms in total. The van der Waals surface area contributed by atoms with Crippen LogP contribution in [0.4, 0.5) is 5.69 Å². The molecule has 2 bridgehead atoms. The van der Waals surface area contributed by atoms with Crippen LogP contribution in [-0.4, -0.2) is 84.2 Å². The molecule has 1 aromatic rings. The van der Waals surface area contributed by atoms with Gasteiger partial charge >= 0.3 is 0 Å². The van der Waals surface area contributed by atoms with Crippen LogP contribution in [0.25, 0.3) is 0 Å². The third-order valence-corrected chi connectivity index (χ3v) is 10.9. The molecule has 0 aromatic heterocycles. The summed E-state index contributed by atoms with van der Waals surface area (Å²) in [5.41, 5.74) is -0.438. The number of amides is 3. The molecule has 3 amide bonds. The maximum absolute atomic E-state index is 14.2. The fraction of sp³-hybridized carbons (Fsp3) is 0.667. The van der Waals surface area contributed by atoms with Crippen LogP contribution < -0.4 is 10.6 Å². The van der Waals surface area contributed by atoms with Gasteiger partial charge < -0.3 is 25.2 Å². The quantitative estimate of drug-likeness (QED) is 0.272. The van der Waals surface area contributed by atoms with E-state index in [0.717, 1.165) is 50.1 Å². The Hall–Kier alpha value is -2.36. The highest BCUT2D eigenvalue weighted by Crippen LogP contribution is 2.55. The van der Waals surface area contributed by atoms with Gasteiger partial charge in [0.15, 0.2) is 0 Å². The standard InChI is InChI=1S/C33H48N4O4S/c1-6-7-17-36(4)18-10-19-37-29(31(39)35-25-14-8-11-21(2)22(25)3)33-16-15-26(41-33)27(28(33)32(37)40)30(38)34-23-12-9-13-24(20-23)42-5/h9,12-13,15-16,20-22,25-29H,6-8,10-11,14,17-19H2,1-5H3,(H,34,38)(H,35,39)/t21?,22?,25?,26-,27?,28-,29?,33?/m0/s1. The van der Waals surface area contributed by atoms with Gasteiger partial charge in [0.1, 0.15) is 11.6 Å². The van der Waals surface area contributed by atoms with Gasteiger partial charge in [0.25, 0.3) is 0 Å². The Labute approximate surface area is 255 Å². The molecule has 1 aromatic carbocycles. The normalized spacial score (nSPS) is 33.3. The number of thioether (sulfide) groups is 1. The van der Waals surface area contributed by atoms with Gasteiger partial charge in [0, 0.05) is 23.2 Å². The van der Waals surface area contributed by atoms with E-state index in [1.807, 2.05) is 42.7 Å². The van der Waals surface area contributed by atoms with E-state index in [1.165, 1.54) is 6.42 Å². The van der Waals surface area contributed by atoms with Crippen LogP contribution in [0.15, 0.2) is 41.3 Å². The van der Waals surface area contributed by atoms with Crippen molar-refractivity contribution in [3.63, 3.8) is 0 Å². The lowest BCUT2D eigenvalue weighted by Crippen LogP contribution is -2.58. The van der Waals surface area contributed by atoms with Crippen molar-refractivity contribution in [2.75, 3.05) is 38.3 Å². The summed E-state index contributed by atoms with van der Waals surface area (Å²) in [7, 11) is 2.10. The predicted octanol–water partition coefficient (Wildman–Crippen LogP) is 4.56. The predicted molar refractivity (Wildman–Crippen MR) is 167 cm³/mol. The SMILES string of the molecule is CCCCN(C)CCCN1C(=O)[C@@H]2C(C(=O)Nc3cccc(SC)c3)[C@@H]3C=CC2(O3)C1C(=O)NC1CCCC(C)C1C. The molecule has 1 aliphatic carbocycles. The Bertz CT molecular complexity index is 1190. The average Bonchev–Trinajstić information content (AvgIpc) is 3.62. The molecule has 3 heterocycles. The maximum atomic E-state index is 14.2. The highest BCUT2D eigenvalue weighted by molar-refractivity contribution is 7.98. The summed E-state index contributed by atoms with van der Waals surface area (Å²) in [5, 5.41) is 6.39. The van der Waals surface area contributed by atoms with E-state index < -0.39 is 29.6 Å². The van der Waals surface area contributed by atoms with E-state index in [4.69, 9.17) is 4.74 Å². The second-order valence-electron chi connectivity index (χ2n) is 12.8. The number of benzene rings is 1. The van der Waals surface area contributed by atoms with Gasteiger partial charge in [0.2, 0.25) is 17.7 Å². The number of nitrogens with zero attached hydrogens (tertiary/aromatic N) is 2. The van der Waals surface area contributed by atoms with Crippen LogP contribution in [0.1, 0.15) is 59.3 Å². The minimum absolute atomic E-state index is 0.0687. The Balaban J connectivity index is 1.39. The zero-order chi connectivity index (χ0) is 30.0. The average molecular weight is 597 g/mol. The van der Waals surface area contributed by atoms with Crippen molar-refractivity contribution >= 4 is 35.2 Å². The first-order valence-corrected chi connectivity index (χ1v) is 17.0. The van der Waals surface area contributed by atoms with Gasteiger partial charge in [0.05, 0.1) is 17.9 Å². The van der Waals surface area contributed by atoms with Gasteiger partial charge in [-0.2, -0.15) is 0 Å². The second kappa shape index (κ2) is 13.1. The molecular weight excluding hydrogens is 548 g/mol. The second-order valence-corrected chi connectivity index (χ2v) is 13.7. The molecule has 2 N–H and O–H groups in total. The smallest absolute Gasteiger partial charge is 0.246 e. The molecule has 2 saturated heterocycles. The summed E-state index contributed by atoms with van der Waals surface area (Å²) in [6.07, 6.45) is 11.5. The summed E-state index contributed by atoms with van der Waals surface area (Å²) in [6.45, 7) is 8.94. The summed E-state index contributed by atoms with van der Waals surface area (Å²) < 4.78 is 6.54. The third kappa shape index (κ3) is 5.89. The van der Waals surface area contributed by atoms with Crippen LogP contribution in [0, 0.1) is 23.7 Å². The van der Waals surface area contributed by atoms with Gasteiger partial charge in [-0.25, -0.2) is 0 Å². The van der Waals surface area contributed by atoms with E-state index >= 15 is 0 Å². The lowest BCUT2D eigenvalue weighted by molar-refractivity contribution is -0.141. The fourth-order valence-corrected chi connectivity index (χ4v) is 7.99. The van der Waals surface area contributed by atoms with Crippen molar-refractivity contribution in [1.29, 1.82) is 0 Å². The summed E-state index contributed by atoms with van der Waals surface area (Å²) in [4.78, 5) is 47.3. The number of fused-ring (bicyclic) bond motifs is 1. The molecule has 5 rings (SSSR count). The summed E-state index contributed by atoms with van der Waals surface area (Å²) in [6, 6.07) is 6.97. The molecule has 6 unspecified atom stereocenters. The molecule has 9 heteroatoms. The third-order valence-electron chi connectivity index (χ3n) is 10.1. The number of nitrogens with one attached hydrogen (secondary N) is 2. The molecule has 42 heavy (non-hydrogen) atoms. The van der Waals surface area contributed by atoms with Crippen molar-refractivity contribution in [2.24, 2.45) is 23.7 Å². The molecule has 4 aliphatic rings. The van der Waals surface area contributed by atoms with Crippen LogP contribution in [0.3, 0.4) is 0 Å². The van der Waals surface area contributed by atoms with E-state index in [9.17, 15) is 14.4 Å². The first kappa shape index (κ1) is 31.1. The zero-order valence-corrected chi connectivity index (χ0v) is 26.6. The number of carbonyl (C=O) groups excluding carboxylic acids is 3. The molecule has 1 spiro atoms. The molecule has 8 atom stereocenters. The van der Waals surface area contributed by atoms with E-state index in [-0.39, 0.29) is 23.8 Å². The highest BCUT2D eigenvalue weighted by atomic mass is 32.2. The Morgan fingerprint density at radius 3 is 2.71 bits per heavy atom. The monoisotopic (exact) mass is 596 g/mol. The number of anilines is 1. The number of likely N-dealkylation sites (tertiary alicyclic amines) is 1. The van der Waals surface area contributed by atoms with E-state index in [2.05, 4.69) is 43.4 Å². The zero-order valence-electron chi connectivity index (χ0n) is 25.8. The topological polar surface area (TPSA) is 91.0 Å². The van der Waals surface area contributed by atoms with E-state index in [0.29, 0.717) is 24.1 Å². The molecule has 230 valence electrons. The first-order valence-electron chi connectivity index (χ1n) is 15.8. The van der Waals surface area contributed by atoms with Gasteiger partial charge in [-0.3, -0.25) is 14.4 Å². The molecule has 3 aliphatic heterocycles. The number of hydrogen-bond donors (Lipinski definition) is 2. The van der Waals surface area contributed by atoms with Crippen molar-refractivity contribution in [2.45, 2.75) is 88.0 Å². The van der Waals surface area contributed by atoms with Crippen LogP contribution in [-0.2, 0) is 19.1 Å². The Kier molecular flexibility index (Phi) is 9.69. The van der Waals surface area contributed by atoms with Gasteiger partial charge in [-0.15, -0.1) is 11.8 Å². The Morgan fingerprint density at radius 2 is 1.95 bits per heavy atom. The molecule has 1 saturated carbocycles. The van der Waals surface area contributed by atoms with Crippen molar-refractivity contribution in [3.05, 3.63) is 36.4 Å². The van der Waals surface area contributed by atoms with Crippen LogP contribution >= 0.6 is 11.8 Å². The number of carbonyl (C=O) groups is 3. The van der Waals surface area contributed by atoms with Crippen LogP contribution in [0.2, 0.25) is 0 Å². The molecule has 0 radical (unpaired) electrons. The highest BCUT2D eigenvalue weighted by Gasteiger charge is 2.72. The minimum Gasteiger partial charge on any atom is -0.359 e. The summed E-state index contributed by atoms with van der Waals surface area (Å²) in [5.74, 6) is -1.07. The van der Waals surface area contributed by atoms with Crippen molar-refractivity contribution < 1.29 is 19.1 Å². The fourth-order valence-electron chi connectivity index (χ4n) is 7.53. The van der Waals surface area contributed by atoms with E-state index in [1.54, 1.807) is 16.7 Å². The van der Waals surface area contributed by atoms with Gasteiger partial charge in [-0.05, 0) is 75.7 Å². The lowest BCUT2D eigenvalue weighted by atomic mass is 9.73. The van der Waals surface area contributed by atoms with Crippen LogP contribution in [0.5, 0.6) is 0 Å². The Morgan fingerprint density at radius 1 is 1.17 bits per heavy atom. The first-order chi connectivity index (χ1) is 20.2. The molecular formula is C33H48N4O4S. The number of hydrogen-bond acceptors (Lipinski definition) is 6.